The van der Waals surface area contributed by atoms with Crippen LogP contribution in [0.1, 0.15) is 18.4 Å². The molecule has 1 fully saturated rings. The van der Waals surface area contributed by atoms with Crippen molar-refractivity contribution in [2.24, 2.45) is 5.92 Å². The van der Waals surface area contributed by atoms with Gasteiger partial charge < -0.3 is 10.1 Å². The van der Waals surface area contributed by atoms with Crippen molar-refractivity contribution in [1.29, 1.82) is 0 Å². The number of methoxy groups -OCH3 is 1. The van der Waals surface area contributed by atoms with E-state index in [2.05, 4.69) is 5.32 Å². The number of sulfonamides is 1. The van der Waals surface area contributed by atoms with Crippen LogP contribution in [-0.2, 0) is 21.4 Å². The molecule has 0 spiro atoms. The Morgan fingerprint density at radius 2 is 1.86 bits per heavy atom. The summed E-state index contributed by atoms with van der Waals surface area (Å²) in [5.41, 5.74) is 0.964. The van der Waals surface area contributed by atoms with E-state index in [0.717, 1.165) is 16.2 Å². The standard InChI is InChI=1S/C21H26N2O4S2/c1-27-18-5-3-4-16(14-18)15-22-21(24)17-10-12-23(13-11-17)29(25,26)20-8-6-19(28-2)7-9-20/h3-9,14,17H,10-13,15H2,1-2H3,(H,22,24). The highest BCUT2D eigenvalue weighted by molar-refractivity contribution is 7.98. The first-order chi connectivity index (χ1) is 13.9. The zero-order valence-electron chi connectivity index (χ0n) is 16.6. The van der Waals surface area contributed by atoms with Crippen molar-refractivity contribution in [2.45, 2.75) is 29.2 Å². The highest BCUT2D eigenvalue weighted by Gasteiger charge is 2.32. The second-order valence-corrected chi connectivity index (χ2v) is 9.74. The van der Waals surface area contributed by atoms with E-state index < -0.39 is 10.0 Å². The first-order valence-electron chi connectivity index (χ1n) is 9.49. The predicted octanol–water partition coefficient (Wildman–Crippen LogP) is 3.13. The van der Waals surface area contributed by atoms with Crippen LogP contribution in [0.3, 0.4) is 0 Å². The third kappa shape index (κ3) is 5.32. The fraction of sp³-hybridized carbons (Fsp3) is 0.381. The summed E-state index contributed by atoms with van der Waals surface area (Å²) >= 11 is 1.57. The molecule has 6 nitrogen and oxygen atoms in total. The molecule has 1 amide bonds. The Morgan fingerprint density at radius 1 is 1.17 bits per heavy atom. The minimum atomic E-state index is -3.52. The zero-order chi connectivity index (χ0) is 20.9. The third-order valence-corrected chi connectivity index (χ3v) is 7.78. The van der Waals surface area contributed by atoms with Gasteiger partial charge in [-0.3, -0.25) is 4.79 Å². The van der Waals surface area contributed by atoms with Gasteiger partial charge >= 0.3 is 0 Å². The van der Waals surface area contributed by atoms with Crippen molar-refractivity contribution in [1.82, 2.24) is 9.62 Å². The maximum Gasteiger partial charge on any atom is 0.243 e. The highest BCUT2D eigenvalue weighted by atomic mass is 32.2. The lowest BCUT2D eigenvalue weighted by molar-refractivity contribution is -0.126. The van der Waals surface area contributed by atoms with E-state index in [9.17, 15) is 13.2 Å². The van der Waals surface area contributed by atoms with Crippen LogP contribution < -0.4 is 10.1 Å². The molecular weight excluding hydrogens is 408 g/mol. The smallest absolute Gasteiger partial charge is 0.243 e. The van der Waals surface area contributed by atoms with Crippen molar-refractivity contribution in [3.05, 3.63) is 54.1 Å². The molecule has 156 valence electrons. The Kier molecular flexibility index (Phi) is 7.21. The van der Waals surface area contributed by atoms with Crippen LogP contribution in [0.15, 0.2) is 58.3 Å². The highest BCUT2D eigenvalue weighted by Crippen LogP contribution is 2.25. The lowest BCUT2D eigenvalue weighted by Crippen LogP contribution is -2.42. The van der Waals surface area contributed by atoms with Gasteiger partial charge in [-0.05, 0) is 61.1 Å². The Morgan fingerprint density at radius 3 is 2.48 bits per heavy atom. The number of hydrogen-bond acceptors (Lipinski definition) is 5. The van der Waals surface area contributed by atoms with Crippen molar-refractivity contribution in [2.75, 3.05) is 26.5 Å². The maximum absolute atomic E-state index is 12.8. The number of amides is 1. The summed E-state index contributed by atoms with van der Waals surface area (Å²) in [4.78, 5) is 13.8. The molecule has 29 heavy (non-hydrogen) atoms. The van der Waals surface area contributed by atoms with E-state index in [0.29, 0.717) is 37.4 Å². The number of rotatable bonds is 7. The van der Waals surface area contributed by atoms with Gasteiger partial charge in [0.25, 0.3) is 0 Å². The van der Waals surface area contributed by atoms with E-state index in [1.165, 1.54) is 4.31 Å². The molecule has 0 unspecified atom stereocenters. The number of thioether (sulfide) groups is 1. The number of nitrogens with zero attached hydrogens (tertiary/aromatic N) is 1. The summed E-state index contributed by atoms with van der Waals surface area (Å²) < 4.78 is 32.4. The van der Waals surface area contributed by atoms with Gasteiger partial charge in [0.05, 0.1) is 12.0 Å². The number of ether oxygens (including phenoxy) is 1. The van der Waals surface area contributed by atoms with Crippen LogP contribution in [0.25, 0.3) is 0 Å². The molecule has 3 rings (SSSR count). The normalized spacial score (nSPS) is 15.8. The molecule has 0 bridgehead atoms. The number of carbonyl (C=O) groups excluding carboxylic acids is 1. The van der Waals surface area contributed by atoms with Crippen LogP contribution in [0.2, 0.25) is 0 Å². The zero-order valence-corrected chi connectivity index (χ0v) is 18.3. The summed E-state index contributed by atoms with van der Waals surface area (Å²) in [6, 6.07) is 14.5. The topological polar surface area (TPSA) is 75.7 Å². The second-order valence-electron chi connectivity index (χ2n) is 6.92. The van der Waals surface area contributed by atoms with Gasteiger partial charge in [0.15, 0.2) is 0 Å². The van der Waals surface area contributed by atoms with Gasteiger partial charge in [-0.25, -0.2) is 8.42 Å². The third-order valence-electron chi connectivity index (χ3n) is 5.12. The number of benzene rings is 2. The van der Waals surface area contributed by atoms with Crippen LogP contribution in [-0.4, -0.2) is 45.1 Å². The molecule has 0 atom stereocenters. The fourth-order valence-corrected chi connectivity index (χ4v) is 5.25. The molecule has 1 heterocycles. The molecule has 1 aliphatic rings. The van der Waals surface area contributed by atoms with Gasteiger partial charge in [-0.15, -0.1) is 11.8 Å². The lowest BCUT2D eigenvalue weighted by Gasteiger charge is -2.30. The monoisotopic (exact) mass is 434 g/mol. The minimum absolute atomic E-state index is 0.0332. The minimum Gasteiger partial charge on any atom is -0.497 e. The molecule has 1 saturated heterocycles. The first-order valence-corrected chi connectivity index (χ1v) is 12.2. The van der Waals surface area contributed by atoms with Gasteiger partial charge in [0.2, 0.25) is 15.9 Å². The first kappa shape index (κ1) is 21.7. The molecule has 8 heteroatoms. The number of nitrogens with one attached hydrogen (secondary N) is 1. The average molecular weight is 435 g/mol. The Labute approximate surface area is 176 Å². The van der Waals surface area contributed by atoms with E-state index in [-0.39, 0.29) is 11.8 Å². The van der Waals surface area contributed by atoms with E-state index in [1.807, 2.05) is 42.7 Å². The molecule has 0 aromatic heterocycles. The molecule has 2 aromatic carbocycles. The van der Waals surface area contributed by atoms with Crippen molar-refractivity contribution in [3.63, 3.8) is 0 Å². The Bertz CT molecular complexity index is 937. The summed E-state index contributed by atoms with van der Waals surface area (Å²) in [6.45, 7) is 1.13. The number of hydrogen-bond donors (Lipinski definition) is 1. The van der Waals surface area contributed by atoms with Gasteiger partial charge in [-0.1, -0.05) is 12.1 Å². The largest absolute Gasteiger partial charge is 0.497 e. The number of carbonyl (C=O) groups is 1. The van der Waals surface area contributed by atoms with Crippen molar-refractivity contribution in [3.8, 4) is 5.75 Å². The molecule has 0 radical (unpaired) electrons. The Hall–Kier alpha value is -2.03. The predicted molar refractivity (Wildman–Crippen MR) is 115 cm³/mol. The Balaban J connectivity index is 1.54. The summed E-state index contributed by atoms with van der Waals surface area (Å²) in [6.07, 6.45) is 2.99. The summed E-state index contributed by atoms with van der Waals surface area (Å²) in [7, 11) is -1.91. The molecule has 1 N–H and O–H groups in total. The van der Waals surface area contributed by atoms with Gasteiger partial charge in [0, 0.05) is 30.4 Å². The van der Waals surface area contributed by atoms with E-state index in [4.69, 9.17) is 4.74 Å². The van der Waals surface area contributed by atoms with E-state index >= 15 is 0 Å². The van der Waals surface area contributed by atoms with Gasteiger partial charge in [0.1, 0.15) is 5.75 Å². The van der Waals surface area contributed by atoms with Gasteiger partial charge in [-0.2, -0.15) is 4.31 Å². The lowest BCUT2D eigenvalue weighted by atomic mass is 9.97. The molecule has 1 aliphatic heterocycles. The van der Waals surface area contributed by atoms with E-state index in [1.54, 1.807) is 31.0 Å². The van der Waals surface area contributed by atoms with Crippen molar-refractivity contribution < 1.29 is 17.9 Å². The van der Waals surface area contributed by atoms with Crippen LogP contribution >= 0.6 is 11.8 Å². The molecular formula is C21H26N2O4S2. The van der Waals surface area contributed by atoms with Crippen LogP contribution in [0, 0.1) is 5.92 Å². The summed E-state index contributed by atoms with van der Waals surface area (Å²) in [5.74, 6) is 0.543. The van der Waals surface area contributed by atoms with Crippen LogP contribution in [0.5, 0.6) is 5.75 Å². The molecule has 0 aliphatic carbocycles. The molecule has 2 aromatic rings. The second kappa shape index (κ2) is 9.65. The SMILES string of the molecule is COc1cccc(CNC(=O)C2CCN(S(=O)(=O)c3ccc(SC)cc3)CC2)c1. The quantitative estimate of drug-likeness (QED) is 0.678. The maximum atomic E-state index is 12.8. The average Bonchev–Trinajstić information content (AvgIpc) is 2.77. The molecule has 0 saturated carbocycles. The summed E-state index contributed by atoms with van der Waals surface area (Å²) in [5, 5.41) is 2.95. The van der Waals surface area contributed by atoms with Crippen molar-refractivity contribution >= 4 is 27.7 Å². The fourth-order valence-electron chi connectivity index (χ4n) is 3.37. The number of piperidine rings is 1. The van der Waals surface area contributed by atoms with Crippen LogP contribution in [0.4, 0.5) is 0 Å².